The normalized spacial score (nSPS) is 41.1. The highest BCUT2D eigenvalue weighted by Gasteiger charge is 2.48. The molecule has 2 saturated heterocycles. The molecule has 0 amide bonds. The Morgan fingerprint density at radius 1 is 1.10 bits per heavy atom. The second kappa shape index (κ2) is 5.77. The zero-order valence-corrected chi connectivity index (χ0v) is 11.1. The van der Waals surface area contributed by atoms with Gasteiger partial charge in [-0.15, -0.1) is 0 Å². The van der Waals surface area contributed by atoms with Crippen molar-refractivity contribution in [3.05, 3.63) is 35.9 Å². The largest absolute Gasteiger partial charge is 0.387 e. The molecule has 110 valence electrons. The number of rotatable bonds is 2. The van der Waals surface area contributed by atoms with Gasteiger partial charge in [-0.1, -0.05) is 30.3 Å². The van der Waals surface area contributed by atoms with Gasteiger partial charge in [0.2, 0.25) is 0 Å². The van der Waals surface area contributed by atoms with Gasteiger partial charge in [-0.05, 0) is 0 Å². The zero-order valence-electron chi connectivity index (χ0n) is 11.1. The van der Waals surface area contributed by atoms with Gasteiger partial charge in [0.05, 0.1) is 6.61 Å². The van der Waals surface area contributed by atoms with Crippen LogP contribution < -0.4 is 0 Å². The van der Waals surface area contributed by atoms with E-state index in [1.54, 1.807) is 0 Å². The van der Waals surface area contributed by atoms with E-state index in [0.717, 1.165) is 5.56 Å². The number of hydrogen-bond donors (Lipinski definition) is 2. The van der Waals surface area contributed by atoms with Crippen molar-refractivity contribution in [2.75, 3.05) is 13.7 Å². The predicted octanol–water partition coefficient (Wildman–Crippen LogP) is 0.194. The third-order valence-corrected chi connectivity index (χ3v) is 3.64. The first-order chi connectivity index (χ1) is 9.70. The molecule has 2 N–H and O–H groups in total. The quantitative estimate of drug-likeness (QED) is 0.806. The number of ether oxygens (including phenoxy) is 4. The van der Waals surface area contributed by atoms with Gasteiger partial charge in [0.1, 0.15) is 24.4 Å². The van der Waals surface area contributed by atoms with Crippen molar-refractivity contribution in [2.45, 2.75) is 37.0 Å². The van der Waals surface area contributed by atoms with E-state index in [1.807, 2.05) is 30.3 Å². The van der Waals surface area contributed by atoms with Crippen LogP contribution in [0.2, 0.25) is 0 Å². The minimum Gasteiger partial charge on any atom is -0.387 e. The summed E-state index contributed by atoms with van der Waals surface area (Å²) in [6, 6.07) is 9.45. The van der Waals surface area contributed by atoms with Crippen LogP contribution in [0.4, 0.5) is 0 Å². The first kappa shape index (κ1) is 13.9. The molecule has 0 saturated carbocycles. The molecule has 0 aromatic heterocycles. The van der Waals surface area contributed by atoms with Crippen LogP contribution in [0.5, 0.6) is 0 Å². The second-order valence-electron chi connectivity index (χ2n) is 4.94. The van der Waals surface area contributed by atoms with Crippen LogP contribution in [0.15, 0.2) is 30.3 Å². The monoisotopic (exact) mass is 282 g/mol. The van der Waals surface area contributed by atoms with Crippen molar-refractivity contribution in [2.24, 2.45) is 0 Å². The lowest BCUT2D eigenvalue weighted by molar-refractivity contribution is -0.358. The number of aliphatic hydroxyl groups is 2. The Hall–Kier alpha value is -1.02. The highest BCUT2D eigenvalue weighted by molar-refractivity contribution is 5.16. The summed E-state index contributed by atoms with van der Waals surface area (Å²) in [5.41, 5.74) is 0.863. The number of hydrogen-bond acceptors (Lipinski definition) is 6. The molecule has 6 atom stereocenters. The van der Waals surface area contributed by atoms with Crippen LogP contribution in [0.25, 0.3) is 0 Å². The van der Waals surface area contributed by atoms with Gasteiger partial charge in [-0.3, -0.25) is 0 Å². The molecule has 1 aromatic carbocycles. The number of benzene rings is 1. The summed E-state index contributed by atoms with van der Waals surface area (Å²) in [7, 11) is 1.41. The lowest BCUT2D eigenvalue weighted by atomic mass is 9.98. The summed E-state index contributed by atoms with van der Waals surface area (Å²) in [5.74, 6) is 0. The Balaban J connectivity index is 1.74. The molecule has 2 aliphatic heterocycles. The molecule has 0 spiro atoms. The highest BCUT2D eigenvalue weighted by Crippen LogP contribution is 2.33. The average Bonchev–Trinajstić information content (AvgIpc) is 2.51. The number of aliphatic hydroxyl groups excluding tert-OH is 2. The zero-order chi connectivity index (χ0) is 14.1. The fraction of sp³-hybridized carbons (Fsp3) is 0.571. The summed E-state index contributed by atoms with van der Waals surface area (Å²) in [4.78, 5) is 0. The van der Waals surface area contributed by atoms with E-state index in [1.165, 1.54) is 7.11 Å². The van der Waals surface area contributed by atoms with Crippen molar-refractivity contribution < 1.29 is 29.2 Å². The molecule has 2 heterocycles. The molecule has 3 rings (SSSR count). The van der Waals surface area contributed by atoms with Crippen LogP contribution in [-0.4, -0.2) is 54.6 Å². The van der Waals surface area contributed by atoms with Crippen molar-refractivity contribution in [1.29, 1.82) is 0 Å². The van der Waals surface area contributed by atoms with Crippen LogP contribution in [0.1, 0.15) is 11.9 Å². The van der Waals surface area contributed by atoms with E-state index in [4.69, 9.17) is 18.9 Å². The molecule has 20 heavy (non-hydrogen) atoms. The maximum absolute atomic E-state index is 10.1. The smallest absolute Gasteiger partial charge is 0.186 e. The van der Waals surface area contributed by atoms with E-state index >= 15 is 0 Å². The summed E-state index contributed by atoms with van der Waals surface area (Å²) < 4.78 is 21.9. The molecular weight excluding hydrogens is 264 g/mol. The molecule has 6 heteroatoms. The topological polar surface area (TPSA) is 77.4 Å². The molecule has 6 nitrogen and oxygen atoms in total. The van der Waals surface area contributed by atoms with E-state index in [0.29, 0.717) is 0 Å². The number of methoxy groups -OCH3 is 1. The van der Waals surface area contributed by atoms with E-state index in [9.17, 15) is 10.2 Å². The minimum absolute atomic E-state index is 0.272. The fourth-order valence-electron chi connectivity index (χ4n) is 2.55. The predicted molar refractivity (Wildman–Crippen MR) is 67.7 cm³/mol. The van der Waals surface area contributed by atoms with Crippen molar-refractivity contribution in [3.63, 3.8) is 0 Å². The molecule has 0 bridgehead atoms. The lowest BCUT2D eigenvalue weighted by Crippen LogP contribution is -2.62. The molecule has 1 unspecified atom stereocenters. The van der Waals surface area contributed by atoms with Crippen LogP contribution in [-0.2, 0) is 18.9 Å². The Morgan fingerprint density at radius 3 is 2.55 bits per heavy atom. The Bertz CT molecular complexity index is 437. The SMILES string of the molecule is CO[C@@H]1O[C@@H]2COC(c3ccccc3)O[C@@H]2[C@H](O)[C@H]1O. The molecule has 0 radical (unpaired) electrons. The fourth-order valence-corrected chi connectivity index (χ4v) is 2.55. The standard InChI is InChI=1S/C14H18O6/c1-17-14-11(16)10(15)12-9(19-14)7-18-13(20-12)8-5-3-2-4-6-8/h2-6,9-16H,7H2,1H3/t9-,10-,11-,12+,13?,14-/m1/s1. The number of fused-ring (bicyclic) bond motifs is 1. The van der Waals surface area contributed by atoms with Gasteiger partial charge >= 0.3 is 0 Å². The van der Waals surface area contributed by atoms with Gasteiger partial charge < -0.3 is 29.2 Å². The van der Waals surface area contributed by atoms with E-state index in [2.05, 4.69) is 0 Å². The van der Waals surface area contributed by atoms with E-state index < -0.39 is 37.0 Å². The van der Waals surface area contributed by atoms with Gasteiger partial charge in [0.25, 0.3) is 0 Å². The molecular formula is C14H18O6. The third kappa shape index (κ3) is 2.46. The third-order valence-electron chi connectivity index (χ3n) is 3.64. The van der Waals surface area contributed by atoms with Gasteiger partial charge in [0.15, 0.2) is 12.6 Å². The van der Waals surface area contributed by atoms with Gasteiger partial charge in [-0.25, -0.2) is 0 Å². The first-order valence-electron chi connectivity index (χ1n) is 6.57. The molecule has 1 aromatic rings. The maximum atomic E-state index is 10.1. The first-order valence-corrected chi connectivity index (χ1v) is 6.57. The minimum atomic E-state index is -1.14. The summed E-state index contributed by atoms with van der Waals surface area (Å²) >= 11 is 0. The Morgan fingerprint density at radius 2 is 1.85 bits per heavy atom. The van der Waals surface area contributed by atoms with Gasteiger partial charge in [-0.2, -0.15) is 0 Å². The van der Waals surface area contributed by atoms with Crippen molar-refractivity contribution >= 4 is 0 Å². The van der Waals surface area contributed by atoms with Gasteiger partial charge in [0, 0.05) is 12.7 Å². The summed E-state index contributed by atoms with van der Waals surface area (Å²) in [5, 5.41) is 20.1. The van der Waals surface area contributed by atoms with Crippen LogP contribution in [0, 0.1) is 0 Å². The Kier molecular flexibility index (Phi) is 4.02. The average molecular weight is 282 g/mol. The Labute approximate surface area is 116 Å². The molecule has 2 aliphatic rings. The summed E-state index contributed by atoms with van der Waals surface area (Å²) in [6.07, 6.45) is -4.76. The summed E-state index contributed by atoms with van der Waals surface area (Å²) in [6.45, 7) is 0.272. The molecule has 2 fully saturated rings. The van der Waals surface area contributed by atoms with Crippen molar-refractivity contribution in [3.8, 4) is 0 Å². The second-order valence-corrected chi connectivity index (χ2v) is 4.94. The molecule has 0 aliphatic carbocycles. The highest BCUT2D eigenvalue weighted by atomic mass is 16.7. The van der Waals surface area contributed by atoms with E-state index in [-0.39, 0.29) is 6.61 Å². The van der Waals surface area contributed by atoms with Crippen molar-refractivity contribution in [1.82, 2.24) is 0 Å². The van der Waals surface area contributed by atoms with Crippen LogP contribution >= 0.6 is 0 Å². The maximum Gasteiger partial charge on any atom is 0.186 e. The van der Waals surface area contributed by atoms with Crippen LogP contribution in [0.3, 0.4) is 0 Å². The lowest BCUT2D eigenvalue weighted by Gasteiger charge is -2.45.